The minimum Gasteiger partial charge on any atom is -0.320 e. The van der Waals surface area contributed by atoms with Gasteiger partial charge in [0.05, 0.1) is 0 Å². The monoisotopic (exact) mass is 216 g/mol. The van der Waals surface area contributed by atoms with Crippen molar-refractivity contribution in [2.24, 2.45) is 0 Å². The zero-order valence-electron chi connectivity index (χ0n) is 9.75. The van der Waals surface area contributed by atoms with E-state index < -0.39 is 0 Å². The molecule has 0 aliphatic carbocycles. The molecular formula is C11H24N2S. The maximum atomic E-state index is 3.20. The Balaban J connectivity index is 2.10. The molecule has 0 bridgehead atoms. The van der Waals surface area contributed by atoms with Crippen LogP contribution in [0.5, 0.6) is 0 Å². The molecule has 2 nitrogen and oxygen atoms in total. The molecule has 1 aliphatic rings. The average Bonchev–Trinajstić information content (AvgIpc) is 2.11. The van der Waals surface area contributed by atoms with E-state index in [2.05, 4.69) is 35.8 Å². The van der Waals surface area contributed by atoms with E-state index >= 15 is 0 Å². The quantitative estimate of drug-likeness (QED) is 0.706. The van der Waals surface area contributed by atoms with Crippen LogP contribution in [0.15, 0.2) is 0 Å². The molecule has 1 saturated heterocycles. The molecule has 1 N–H and O–H groups in total. The van der Waals surface area contributed by atoms with Crippen molar-refractivity contribution in [2.45, 2.75) is 37.2 Å². The van der Waals surface area contributed by atoms with Gasteiger partial charge in [0.2, 0.25) is 0 Å². The summed E-state index contributed by atoms with van der Waals surface area (Å²) < 4.78 is 0. The van der Waals surface area contributed by atoms with Crippen molar-refractivity contribution in [3.63, 3.8) is 0 Å². The van der Waals surface area contributed by atoms with Crippen LogP contribution in [-0.4, -0.2) is 48.6 Å². The molecule has 84 valence electrons. The van der Waals surface area contributed by atoms with E-state index in [1.54, 1.807) is 0 Å². The van der Waals surface area contributed by atoms with Gasteiger partial charge in [-0.25, -0.2) is 0 Å². The fourth-order valence-corrected chi connectivity index (χ4v) is 3.49. The second-order valence-electron chi connectivity index (χ2n) is 4.33. The highest BCUT2D eigenvalue weighted by Gasteiger charge is 2.21. The Kier molecular flexibility index (Phi) is 5.90. The summed E-state index contributed by atoms with van der Waals surface area (Å²) in [5.41, 5.74) is 0. The third-order valence-electron chi connectivity index (χ3n) is 2.65. The van der Waals surface area contributed by atoms with Gasteiger partial charge < -0.3 is 10.2 Å². The van der Waals surface area contributed by atoms with Gasteiger partial charge in [-0.05, 0) is 33.0 Å². The first-order valence-electron chi connectivity index (χ1n) is 5.74. The first-order valence-corrected chi connectivity index (χ1v) is 6.69. The maximum absolute atomic E-state index is 3.20. The van der Waals surface area contributed by atoms with E-state index in [1.165, 1.54) is 32.5 Å². The number of rotatable bonds is 5. The summed E-state index contributed by atoms with van der Waals surface area (Å²) in [7, 11) is 2.03. The van der Waals surface area contributed by atoms with Crippen molar-refractivity contribution < 1.29 is 0 Å². The Bertz CT molecular complexity index is 142. The second kappa shape index (κ2) is 6.70. The lowest BCUT2D eigenvalue weighted by molar-refractivity contribution is 0.265. The molecule has 14 heavy (non-hydrogen) atoms. The summed E-state index contributed by atoms with van der Waals surface area (Å²) in [5.74, 6) is 0. The molecular weight excluding hydrogens is 192 g/mol. The molecule has 1 rings (SSSR count). The predicted molar refractivity (Wildman–Crippen MR) is 66.1 cm³/mol. The Morgan fingerprint density at radius 2 is 1.86 bits per heavy atom. The number of nitrogens with one attached hydrogen (secondary N) is 1. The Morgan fingerprint density at radius 1 is 1.21 bits per heavy atom. The largest absolute Gasteiger partial charge is 0.320 e. The summed E-state index contributed by atoms with van der Waals surface area (Å²) in [6.45, 7) is 9.72. The second-order valence-corrected chi connectivity index (χ2v) is 6.21. The highest BCUT2D eigenvalue weighted by atomic mass is 32.2. The van der Waals surface area contributed by atoms with Crippen LogP contribution in [-0.2, 0) is 0 Å². The van der Waals surface area contributed by atoms with Gasteiger partial charge in [0.25, 0.3) is 0 Å². The van der Waals surface area contributed by atoms with E-state index in [9.17, 15) is 0 Å². The van der Waals surface area contributed by atoms with Crippen LogP contribution in [0.25, 0.3) is 0 Å². The molecule has 3 heteroatoms. The average molecular weight is 216 g/mol. The van der Waals surface area contributed by atoms with Gasteiger partial charge in [-0.3, -0.25) is 0 Å². The van der Waals surface area contributed by atoms with Gasteiger partial charge in [-0.1, -0.05) is 13.8 Å². The van der Waals surface area contributed by atoms with Crippen LogP contribution in [0.3, 0.4) is 0 Å². The third-order valence-corrected chi connectivity index (χ3v) is 3.87. The Labute approximate surface area is 92.8 Å². The molecule has 1 fully saturated rings. The SMILES string of the molecule is CNCCCCN1CC(C)SC(C)C1. The number of hydrogen-bond donors (Lipinski definition) is 1. The van der Waals surface area contributed by atoms with Crippen LogP contribution < -0.4 is 5.32 Å². The van der Waals surface area contributed by atoms with Gasteiger partial charge in [-0.2, -0.15) is 11.8 Å². The van der Waals surface area contributed by atoms with Crippen molar-refractivity contribution in [2.75, 3.05) is 33.2 Å². The van der Waals surface area contributed by atoms with E-state index in [4.69, 9.17) is 0 Å². The van der Waals surface area contributed by atoms with Crippen LogP contribution in [0.2, 0.25) is 0 Å². The Morgan fingerprint density at radius 3 is 2.43 bits per heavy atom. The van der Waals surface area contributed by atoms with Crippen LogP contribution in [0.1, 0.15) is 26.7 Å². The smallest absolute Gasteiger partial charge is 0.0149 e. The van der Waals surface area contributed by atoms with Crippen LogP contribution >= 0.6 is 11.8 Å². The van der Waals surface area contributed by atoms with Crippen LogP contribution in [0, 0.1) is 0 Å². The van der Waals surface area contributed by atoms with Gasteiger partial charge in [0, 0.05) is 23.6 Å². The lowest BCUT2D eigenvalue weighted by Crippen LogP contribution is -2.40. The molecule has 0 aromatic rings. The molecule has 0 aromatic heterocycles. The third kappa shape index (κ3) is 4.67. The zero-order chi connectivity index (χ0) is 10.4. The molecule has 1 heterocycles. The summed E-state index contributed by atoms with van der Waals surface area (Å²) in [5, 5.41) is 4.84. The normalized spacial score (nSPS) is 29.4. The highest BCUT2D eigenvalue weighted by Crippen LogP contribution is 2.24. The lowest BCUT2D eigenvalue weighted by Gasteiger charge is -2.34. The molecule has 0 radical (unpaired) electrons. The van der Waals surface area contributed by atoms with Crippen molar-refractivity contribution in [1.82, 2.24) is 10.2 Å². The molecule has 0 amide bonds. The number of nitrogens with zero attached hydrogens (tertiary/aromatic N) is 1. The summed E-state index contributed by atoms with van der Waals surface area (Å²) in [4.78, 5) is 2.63. The van der Waals surface area contributed by atoms with E-state index in [1.807, 2.05) is 7.05 Å². The molecule has 0 aromatic carbocycles. The minimum atomic E-state index is 0.822. The fourth-order valence-electron chi connectivity index (χ4n) is 2.10. The summed E-state index contributed by atoms with van der Waals surface area (Å²) >= 11 is 2.13. The standard InChI is InChI=1S/C11H24N2S/c1-10-8-13(9-11(2)14-10)7-5-4-6-12-3/h10-12H,4-9H2,1-3H3. The maximum Gasteiger partial charge on any atom is 0.0149 e. The van der Waals surface area contributed by atoms with Gasteiger partial charge in [-0.15, -0.1) is 0 Å². The predicted octanol–water partition coefficient (Wildman–Crippen LogP) is 1.81. The van der Waals surface area contributed by atoms with Gasteiger partial charge in [0.15, 0.2) is 0 Å². The molecule has 0 spiro atoms. The molecule has 1 aliphatic heterocycles. The number of hydrogen-bond acceptors (Lipinski definition) is 3. The first-order chi connectivity index (χ1) is 6.72. The van der Waals surface area contributed by atoms with Crippen molar-refractivity contribution in [1.29, 1.82) is 0 Å². The summed E-state index contributed by atoms with van der Waals surface area (Å²) in [6, 6.07) is 0. The van der Waals surface area contributed by atoms with E-state index in [0.717, 1.165) is 17.0 Å². The first kappa shape index (κ1) is 12.3. The van der Waals surface area contributed by atoms with Gasteiger partial charge >= 0.3 is 0 Å². The molecule has 2 unspecified atom stereocenters. The lowest BCUT2D eigenvalue weighted by atomic mass is 10.2. The van der Waals surface area contributed by atoms with E-state index in [0.29, 0.717) is 0 Å². The zero-order valence-corrected chi connectivity index (χ0v) is 10.6. The van der Waals surface area contributed by atoms with Crippen molar-refractivity contribution in [3.05, 3.63) is 0 Å². The minimum absolute atomic E-state index is 0.822. The fraction of sp³-hybridized carbons (Fsp3) is 1.00. The summed E-state index contributed by atoms with van der Waals surface area (Å²) in [6.07, 6.45) is 2.65. The molecule has 0 saturated carbocycles. The Hall–Kier alpha value is 0.270. The van der Waals surface area contributed by atoms with Crippen LogP contribution in [0.4, 0.5) is 0 Å². The van der Waals surface area contributed by atoms with Crippen molar-refractivity contribution in [3.8, 4) is 0 Å². The number of thioether (sulfide) groups is 1. The van der Waals surface area contributed by atoms with Crippen molar-refractivity contribution >= 4 is 11.8 Å². The highest BCUT2D eigenvalue weighted by molar-refractivity contribution is 8.00. The number of unbranched alkanes of at least 4 members (excludes halogenated alkanes) is 1. The topological polar surface area (TPSA) is 15.3 Å². The molecule has 2 atom stereocenters. The van der Waals surface area contributed by atoms with E-state index in [-0.39, 0.29) is 0 Å². The van der Waals surface area contributed by atoms with Gasteiger partial charge in [0.1, 0.15) is 0 Å².